The maximum atomic E-state index is 13.3. The number of para-hydroxylation sites is 1. The molecule has 5 rings (SSSR count). The maximum absolute atomic E-state index is 13.3. The lowest BCUT2D eigenvalue weighted by Crippen LogP contribution is -2.42. The van der Waals surface area contributed by atoms with Crippen LogP contribution in [-0.2, 0) is 21.9 Å². The Kier molecular flexibility index (Phi) is 6.66. The van der Waals surface area contributed by atoms with E-state index >= 15 is 0 Å². The highest BCUT2D eigenvalue weighted by Gasteiger charge is 2.42. The number of fused-ring (bicyclic) bond motifs is 3. The van der Waals surface area contributed by atoms with Gasteiger partial charge < -0.3 is 5.32 Å². The molecule has 2 aliphatic rings. The van der Waals surface area contributed by atoms with Crippen molar-refractivity contribution in [2.45, 2.75) is 24.8 Å². The topological polar surface area (TPSA) is 74.1 Å². The summed E-state index contributed by atoms with van der Waals surface area (Å²) in [4.78, 5) is 36.8. The Hall–Kier alpha value is -3.49. The van der Waals surface area contributed by atoms with E-state index in [1.807, 2.05) is 48.5 Å². The molecule has 0 spiro atoms. The third kappa shape index (κ3) is 5.13. The summed E-state index contributed by atoms with van der Waals surface area (Å²) in [5, 5.41) is 3.94. The second-order valence-electron chi connectivity index (χ2n) is 8.08. The predicted molar refractivity (Wildman–Crippen MR) is 136 cm³/mol. The van der Waals surface area contributed by atoms with Crippen LogP contribution in [0.2, 0.25) is 5.02 Å². The first-order valence-electron chi connectivity index (χ1n) is 11.0. The lowest BCUT2D eigenvalue weighted by Gasteiger charge is -2.25. The zero-order chi connectivity index (χ0) is 24.4. The van der Waals surface area contributed by atoms with E-state index in [-0.39, 0.29) is 30.6 Å². The van der Waals surface area contributed by atoms with Gasteiger partial charge in [0.2, 0.25) is 5.91 Å². The van der Waals surface area contributed by atoms with E-state index in [0.29, 0.717) is 21.8 Å². The van der Waals surface area contributed by atoms with E-state index in [1.165, 1.54) is 28.8 Å². The third-order valence-corrected chi connectivity index (χ3v) is 6.83. The number of carbonyl (C=O) groups is 2. The first-order chi connectivity index (χ1) is 17.0. The molecule has 0 fully saturated rings. The van der Waals surface area contributed by atoms with Crippen LogP contribution in [0.5, 0.6) is 0 Å². The van der Waals surface area contributed by atoms with Crippen molar-refractivity contribution in [2.75, 3.05) is 0 Å². The molecule has 0 aliphatic carbocycles. The fourth-order valence-electron chi connectivity index (χ4n) is 3.86. The summed E-state index contributed by atoms with van der Waals surface area (Å²) in [6.07, 6.45) is -0.0889. The van der Waals surface area contributed by atoms with Gasteiger partial charge in [-0.3, -0.25) is 14.6 Å². The zero-order valence-corrected chi connectivity index (χ0v) is 20.0. The quantitative estimate of drug-likeness (QED) is 0.507. The van der Waals surface area contributed by atoms with Gasteiger partial charge in [-0.25, -0.2) is 14.3 Å². The Morgan fingerprint density at radius 2 is 1.86 bits per heavy atom. The summed E-state index contributed by atoms with van der Waals surface area (Å²) in [6.45, 7) is 0.241. The normalized spacial score (nSPS) is 16.3. The number of thioether (sulfide) groups is 1. The van der Waals surface area contributed by atoms with Crippen LogP contribution in [0.1, 0.15) is 23.1 Å². The Bertz CT molecular complexity index is 1360. The number of amidine groups is 2. The van der Waals surface area contributed by atoms with Gasteiger partial charge in [-0.1, -0.05) is 59.8 Å². The molecule has 176 valence electrons. The van der Waals surface area contributed by atoms with Crippen molar-refractivity contribution in [3.05, 3.63) is 100 Å². The summed E-state index contributed by atoms with van der Waals surface area (Å²) in [6, 6.07) is 20.1. The van der Waals surface area contributed by atoms with Gasteiger partial charge in [-0.15, -0.1) is 0 Å². The van der Waals surface area contributed by atoms with Crippen LogP contribution in [0.4, 0.5) is 10.1 Å². The monoisotopic (exact) mass is 506 g/mol. The molecule has 3 aromatic rings. The average Bonchev–Trinajstić information content (AvgIpc) is 3.18. The van der Waals surface area contributed by atoms with Crippen LogP contribution < -0.4 is 5.32 Å². The molecule has 1 atom stereocenters. The van der Waals surface area contributed by atoms with Gasteiger partial charge in [-0.05, 0) is 47.5 Å². The molecule has 6 nitrogen and oxygen atoms in total. The number of halogens is 2. The van der Waals surface area contributed by atoms with Gasteiger partial charge in [0.25, 0.3) is 5.91 Å². The molecule has 2 heterocycles. The highest BCUT2D eigenvalue weighted by atomic mass is 35.5. The minimum Gasteiger partial charge on any atom is -0.352 e. The van der Waals surface area contributed by atoms with Crippen LogP contribution in [0.15, 0.2) is 82.8 Å². The van der Waals surface area contributed by atoms with Gasteiger partial charge in [-0.2, -0.15) is 0 Å². The molecule has 0 bridgehead atoms. The van der Waals surface area contributed by atoms with Gasteiger partial charge in [0.1, 0.15) is 17.7 Å². The first-order valence-corrected chi connectivity index (χ1v) is 12.3. The zero-order valence-electron chi connectivity index (χ0n) is 18.4. The molecule has 2 aliphatic heterocycles. The molecule has 35 heavy (non-hydrogen) atoms. The van der Waals surface area contributed by atoms with E-state index in [0.717, 1.165) is 22.4 Å². The number of amides is 2. The van der Waals surface area contributed by atoms with Crippen LogP contribution >= 0.6 is 23.4 Å². The summed E-state index contributed by atoms with van der Waals surface area (Å²) >= 11 is 7.52. The number of rotatable bonds is 6. The molecule has 0 saturated carbocycles. The molecule has 9 heteroatoms. The van der Waals surface area contributed by atoms with Gasteiger partial charge in [0.15, 0.2) is 5.17 Å². The second-order valence-corrected chi connectivity index (χ2v) is 9.46. The Balaban J connectivity index is 1.32. The molecular formula is C26H20ClFN4O2S. The van der Waals surface area contributed by atoms with Crippen molar-refractivity contribution in [1.82, 2.24) is 10.2 Å². The average molecular weight is 507 g/mol. The number of nitrogens with one attached hydrogen (secondary N) is 1. The van der Waals surface area contributed by atoms with Crippen molar-refractivity contribution < 1.29 is 14.0 Å². The summed E-state index contributed by atoms with van der Waals surface area (Å²) in [5.74, 6) is 0.140. The molecule has 3 aromatic carbocycles. The molecule has 0 unspecified atom stereocenters. The number of hydrogen-bond acceptors (Lipinski definition) is 5. The van der Waals surface area contributed by atoms with Crippen molar-refractivity contribution in [3.8, 4) is 0 Å². The smallest absolute Gasteiger partial charge is 0.259 e. The summed E-state index contributed by atoms with van der Waals surface area (Å²) < 4.78 is 13.1. The van der Waals surface area contributed by atoms with Gasteiger partial charge >= 0.3 is 0 Å². The second kappa shape index (κ2) is 10.0. The van der Waals surface area contributed by atoms with Gasteiger partial charge in [0.05, 0.1) is 12.1 Å². The van der Waals surface area contributed by atoms with E-state index in [9.17, 15) is 14.0 Å². The minimum atomic E-state index is -0.846. The number of aliphatic imine (C=N–C) groups is 2. The largest absolute Gasteiger partial charge is 0.352 e. The number of benzene rings is 3. The van der Waals surface area contributed by atoms with Crippen LogP contribution in [0, 0.1) is 5.82 Å². The predicted octanol–water partition coefficient (Wildman–Crippen LogP) is 5.08. The summed E-state index contributed by atoms with van der Waals surface area (Å²) in [5.41, 5.74) is 3.25. The number of hydrogen-bond donors (Lipinski definition) is 1. The first kappa shape index (κ1) is 23.3. The number of nitrogens with zero attached hydrogens (tertiary/aromatic N) is 3. The molecule has 0 radical (unpaired) electrons. The number of carbonyl (C=O) groups excluding carboxylic acids is 2. The van der Waals surface area contributed by atoms with E-state index in [4.69, 9.17) is 16.6 Å². The fourth-order valence-corrected chi connectivity index (χ4v) is 5.01. The standard InChI is InChI=1S/C26H20ClFN4O2S/c27-18-5-3-4-17(12-18)15-35-26-31-21-7-2-1-6-20(21)24-30-22(25(34)32(24)26)13-23(33)29-14-16-8-10-19(28)11-9-16/h1-12,22H,13-15H2,(H,29,33)/t22-/m1/s1. The third-order valence-electron chi connectivity index (χ3n) is 5.59. The minimum absolute atomic E-state index is 0.0889. The summed E-state index contributed by atoms with van der Waals surface area (Å²) in [7, 11) is 0. The SMILES string of the molecule is O=C(C[C@H]1N=C2c3ccccc3N=C(SCc3cccc(Cl)c3)N2C1=O)NCc1ccc(F)cc1. The van der Waals surface area contributed by atoms with Crippen LogP contribution in [0.3, 0.4) is 0 Å². The maximum Gasteiger partial charge on any atom is 0.259 e. The Morgan fingerprint density at radius 1 is 1.06 bits per heavy atom. The van der Waals surface area contributed by atoms with Crippen LogP contribution in [-0.4, -0.2) is 33.8 Å². The lowest BCUT2D eigenvalue weighted by atomic mass is 10.1. The van der Waals surface area contributed by atoms with Crippen molar-refractivity contribution >= 4 is 51.9 Å². The van der Waals surface area contributed by atoms with Crippen molar-refractivity contribution in [3.63, 3.8) is 0 Å². The molecule has 0 saturated heterocycles. The molecule has 2 amide bonds. The van der Waals surface area contributed by atoms with Crippen molar-refractivity contribution in [2.24, 2.45) is 9.98 Å². The highest BCUT2D eigenvalue weighted by molar-refractivity contribution is 8.13. The molecular weight excluding hydrogens is 487 g/mol. The molecule has 0 aromatic heterocycles. The van der Waals surface area contributed by atoms with Crippen molar-refractivity contribution in [1.29, 1.82) is 0 Å². The lowest BCUT2D eigenvalue weighted by molar-refractivity contribution is -0.128. The van der Waals surface area contributed by atoms with E-state index in [1.54, 1.807) is 12.1 Å². The van der Waals surface area contributed by atoms with Crippen LogP contribution in [0.25, 0.3) is 0 Å². The Labute approximate surface area is 210 Å². The van der Waals surface area contributed by atoms with E-state index < -0.39 is 6.04 Å². The fraction of sp³-hybridized carbons (Fsp3) is 0.154. The van der Waals surface area contributed by atoms with Gasteiger partial charge in [0, 0.05) is 22.9 Å². The highest BCUT2D eigenvalue weighted by Crippen LogP contribution is 2.35. The molecule has 1 N–H and O–H groups in total. The van der Waals surface area contributed by atoms with E-state index in [2.05, 4.69) is 10.3 Å². The Morgan fingerprint density at radius 3 is 2.66 bits per heavy atom.